The van der Waals surface area contributed by atoms with Crippen LogP contribution in [0.3, 0.4) is 0 Å². The van der Waals surface area contributed by atoms with E-state index in [4.69, 9.17) is 5.73 Å². The van der Waals surface area contributed by atoms with E-state index in [0.29, 0.717) is 0 Å². The lowest BCUT2D eigenvalue weighted by molar-refractivity contribution is 0.395. The molecule has 0 bridgehead atoms. The van der Waals surface area contributed by atoms with E-state index in [2.05, 4.69) is 27.0 Å². The van der Waals surface area contributed by atoms with Crippen molar-refractivity contribution >= 4 is 11.8 Å². The molecular formula is C10H23NS. The van der Waals surface area contributed by atoms with E-state index in [1.165, 1.54) is 12.8 Å². The fraction of sp³-hybridized carbons (Fsp3) is 1.00. The molecule has 1 nitrogen and oxygen atoms in total. The van der Waals surface area contributed by atoms with Gasteiger partial charge in [0.25, 0.3) is 0 Å². The van der Waals surface area contributed by atoms with Crippen molar-refractivity contribution in [3.8, 4) is 0 Å². The summed E-state index contributed by atoms with van der Waals surface area (Å²) in [6, 6.07) is 0. The lowest BCUT2D eigenvalue weighted by atomic mass is 9.91. The Morgan fingerprint density at radius 3 is 2.17 bits per heavy atom. The molecule has 0 aliphatic rings. The molecule has 0 aromatic heterocycles. The van der Waals surface area contributed by atoms with Gasteiger partial charge in [-0.1, -0.05) is 27.2 Å². The molecule has 1 unspecified atom stereocenters. The SMILES string of the molecule is CC[C@@H](CCN)C(SC)C(C)C. The molecule has 0 amide bonds. The molecule has 0 radical (unpaired) electrons. The van der Waals surface area contributed by atoms with Gasteiger partial charge in [0.05, 0.1) is 0 Å². The standard InChI is InChI=1S/C10H23NS/c1-5-9(6-7-11)10(12-4)8(2)3/h8-10H,5-7,11H2,1-4H3/t9-,10?/m0/s1. The van der Waals surface area contributed by atoms with Crippen molar-refractivity contribution in [2.75, 3.05) is 12.8 Å². The Morgan fingerprint density at radius 2 is 1.92 bits per heavy atom. The first kappa shape index (κ1) is 12.3. The third-order valence-electron chi connectivity index (χ3n) is 2.46. The Kier molecular flexibility index (Phi) is 6.96. The molecular weight excluding hydrogens is 166 g/mol. The molecule has 0 fully saturated rings. The predicted molar refractivity (Wildman–Crippen MR) is 59.6 cm³/mol. The van der Waals surface area contributed by atoms with E-state index < -0.39 is 0 Å². The lowest BCUT2D eigenvalue weighted by Crippen LogP contribution is -2.24. The summed E-state index contributed by atoms with van der Waals surface area (Å²) in [4.78, 5) is 0. The van der Waals surface area contributed by atoms with Crippen LogP contribution in [0.2, 0.25) is 0 Å². The van der Waals surface area contributed by atoms with Crippen molar-refractivity contribution < 1.29 is 0 Å². The Balaban J connectivity index is 4.02. The normalized spacial score (nSPS) is 16.5. The zero-order chi connectivity index (χ0) is 9.56. The molecule has 2 N–H and O–H groups in total. The second-order valence-corrected chi connectivity index (χ2v) is 4.71. The van der Waals surface area contributed by atoms with E-state index in [-0.39, 0.29) is 0 Å². The zero-order valence-corrected chi connectivity index (χ0v) is 9.66. The molecule has 12 heavy (non-hydrogen) atoms. The number of hydrogen-bond donors (Lipinski definition) is 1. The Labute approximate surface area is 81.5 Å². The molecule has 0 heterocycles. The van der Waals surface area contributed by atoms with Crippen LogP contribution in [-0.2, 0) is 0 Å². The van der Waals surface area contributed by atoms with Gasteiger partial charge in [-0.05, 0) is 31.1 Å². The van der Waals surface area contributed by atoms with Gasteiger partial charge in [-0.3, -0.25) is 0 Å². The first-order chi connectivity index (χ1) is 5.67. The van der Waals surface area contributed by atoms with Gasteiger partial charge >= 0.3 is 0 Å². The maximum Gasteiger partial charge on any atom is 0.00959 e. The van der Waals surface area contributed by atoms with Crippen LogP contribution in [0.1, 0.15) is 33.6 Å². The van der Waals surface area contributed by atoms with Crippen molar-refractivity contribution in [3.05, 3.63) is 0 Å². The molecule has 74 valence electrons. The third-order valence-corrected chi connectivity index (χ3v) is 3.93. The molecule has 0 saturated carbocycles. The first-order valence-electron chi connectivity index (χ1n) is 4.90. The van der Waals surface area contributed by atoms with Crippen LogP contribution < -0.4 is 5.73 Å². The van der Waals surface area contributed by atoms with Gasteiger partial charge in [-0.2, -0.15) is 11.8 Å². The molecule has 0 aliphatic carbocycles. The lowest BCUT2D eigenvalue weighted by Gasteiger charge is -2.27. The topological polar surface area (TPSA) is 26.0 Å². The van der Waals surface area contributed by atoms with Gasteiger partial charge in [0.1, 0.15) is 0 Å². The van der Waals surface area contributed by atoms with Crippen LogP contribution in [0, 0.1) is 11.8 Å². The highest BCUT2D eigenvalue weighted by Gasteiger charge is 2.21. The summed E-state index contributed by atoms with van der Waals surface area (Å²) in [5.41, 5.74) is 5.59. The molecule has 0 aromatic rings. The quantitative estimate of drug-likeness (QED) is 0.695. The molecule has 0 rings (SSSR count). The Morgan fingerprint density at radius 1 is 1.33 bits per heavy atom. The largest absolute Gasteiger partial charge is 0.330 e. The van der Waals surface area contributed by atoms with Crippen LogP contribution in [-0.4, -0.2) is 18.1 Å². The van der Waals surface area contributed by atoms with Crippen LogP contribution in [0.4, 0.5) is 0 Å². The number of thioether (sulfide) groups is 1. The second-order valence-electron chi connectivity index (χ2n) is 3.69. The average molecular weight is 189 g/mol. The van der Waals surface area contributed by atoms with E-state index >= 15 is 0 Å². The predicted octanol–water partition coefficient (Wildman–Crippen LogP) is 2.75. The summed E-state index contributed by atoms with van der Waals surface area (Å²) in [5, 5.41) is 0.790. The van der Waals surface area contributed by atoms with Crippen LogP contribution in [0.25, 0.3) is 0 Å². The summed E-state index contributed by atoms with van der Waals surface area (Å²) in [6.07, 6.45) is 4.66. The van der Waals surface area contributed by atoms with Crippen molar-refractivity contribution in [1.82, 2.24) is 0 Å². The molecule has 2 heteroatoms. The maximum atomic E-state index is 5.59. The maximum absolute atomic E-state index is 5.59. The molecule has 2 atom stereocenters. The van der Waals surface area contributed by atoms with Crippen molar-refractivity contribution in [3.63, 3.8) is 0 Å². The second kappa shape index (κ2) is 6.79. The summed E-state index contributed by atoms with van der Waals surface area (Å²) in [5.74, 6) is 1.58. The number of nitrogens with two attached hydrogens (primary N) is 1. The minimum absolute atomic E-state index is 0.775. The van der Waals surface area contributed by atoms with Gasteiger partial charge in [0.2, 0.25) is 0 Å². The first-order valence-corrected chi connectivity index (χ1v) is 6.19. The molecule has 0 spiro atoms. The fourth-order valence-electron chi connectivity index (χ4n) is 1.82. The van der Waals surface area contributed by atoms with Gasteiger partial charge in [0.15, 0.2) is 0 Å². The monoisotopic (exact) mass is 189 g/mol. The zero-order valence-electron chi connectivity index (χ0n) is 8.84. The highest BCUT2D eigenvalue weighted by atomic mass is 32.2. The Bertz CT molecular complexity index is 104. The smallest absolute Gasteiger partial charge is 0.00959 e. The molecule has 0 aliphatic heterocycles. The van der Waals surface area contributed by atoms with Gasteiger partial charge < -0.3 is 5.73 Å². The van der Waals surface area contributed by atoms with Gasteiger partial charge in [0, 0.05) is 5.25 Å². The average Bonchev–Trinajstić information content (AvgIpc) is 2.03. The van der Waals surface area contributed by atoms with E-state index in [0.717, 1.165) is 23.6 Å². The van der Waals surface area contributed by atoms with Crippen molar-refractivity contribution in [1.29, 1.82) is 0 Å². The highest BCUT2D eigenvalue weighted by molar-refractivity contribution is 7.99. The van der Waals surface area contributed by atoms with Crippen LogP contribution in [0.15, 0.2) is 0 Å². The summed E-state index contributed by atoms with van der Waals surface area (Å²) in [7, 11) is 0. The van der Waals surface area contributed by atoms with Gasteiger partial charge in [-0.25, -0.2) is 0 Å². The van der Waals surface area contributed by atoms with E-state index in [1.54, 1.807) is 0 Å². The van der Waals surface area contributed by atoms with Crippen molar-refractivity contribution in [2.45, 2.75) is 38.9 Å². The fourth-order valence-corrected chi connectivity index (χ4v) is 3.08. The van der Waals surface area contributed by atoms with Gasteiger partial charge in [-0.15, -0.1) is 0 Å². The molecule has 0 saturated heterocycles. The van der Waals surface area contributed by atoms with Crippen LogP contribution in [0.5, 0.6) is 0 Å². The Hall–Kier alpha value is 0.310. The summed E-state index contributed by atoms with van der Waals surface area (Å²) >= 11 is 2.00. The number of hydrogen-bond acceptors (Lipinski definition) is 2. The van der Waals surface area contributed by atoms with Crippen LogP contribution >= 0.6 is 11.8 Å². The highest BCUT2D eigenvalue weighted by Crippen LogP contribution is 2.28. The minimum Gasteiger partial charge on any atom is -0.330 e. The van der Waals surface area contributed by atoms with E-state index in [1.807, 2.05) is 11.8 Å². The third kappa shape index (κ3) is 3.81. The molecule has 0 aromatic carbocycles. The van der Waals surface area contributed by atoms with Crippen molar-refractivity contribution in [2.24, 2.45) is 17.6 Å². The van der Waals surface area contributed by atoms with E-state index in [9.17, 15) is 0 Å². The summed E-state index contributed by atoms with van der Waals surface area (Å²) in [6.45, 7) is 7.72. The number of rotatable bonds is 6. The minimum atomic E-state index is 0.775. The summed E-state index contributed by atoms with van der Waals surface area (Å²) < 4.78 is 0.